The van der Waals surface area contributed by atoms with E-state index in [9.17, 15) is 0 Å². The van der Waals surface area contributed by atoms with Crippen LogP contribution in [0.15, 0.2) is 18.3 Å². The number of halogens is 1. The highest BCUT2D eigenvalue weighted by atomic mass is 35.5. The van der Waals surface area contributed by atoms with E-state index in [1.807, 2.05) is 6.07 Å². The molecule has 3 nitrogen and oxygen atoms in total. The number of nitrogens with zero attached hydrogens (tertiary/aromatic N) is 1. The van der Waals surface area contributed by atoms with Crippen molar-refractivity contribution in [2.24, 2.45) is 5.84 Å². The summed E-state index contributed by atoms with van der Waals surface area (Å²) in [5.74, 6) is 11.2. The Morgan fingerprint density at radius 1 is 1.64 bits per heavy atom. The van der Waals surface area contributed by atoms with Crippen molar-refractivity contribution >= 4 is 11.6 Å². The van der Waals surface area contributed by atoms with Crippen LogP contribution in [0.3, 0.4) is 0 Å². The zero-order chi connectivity index (χ0) is 10.4. The molecule has 3 N–H and O–H groups in total. The van der Waals surface area contributed by atoms with Crippen molar-refractivity contribution < 1.29 is 0 Å². The van der Waals surface area contributed by atoms with Crippen LogP contribution in [0.25, 0.3) is 0 Å². The minimum absolute atomic E-state index is 0.00668. The molecule has 0 aromatic carbocycles. The van der Waals surface area contributed by atoms with Gasteiger partial charge in [-0.2, -0.15) is 0 Å². The molecule has 1 rings (SSSR count). The van der Waals surface area contributed by atoms with E-state index >= 15 is 0 Å². The van der Waals surface area contributed by atoms with Crippen LogP contribution in [0.1, 0.15) is 24.9 Å². The molecule has 14 heavy (non-hydrogen) atoms. The van der Waals surface area contributed by atoms with Gasteiger partial charge in [-0.3, -0.25) is 11.3 Å². The highest BCUT2D eigenvalue weighted by molar-refractivity contribution is 6.29. The molecule has 1 unspecified atom stereocenters. The monoisotopic (exact) mass is 209 g/mol. The summed E-state index contributed by atoms with van der Waals surface area (Å²) in [4.78, 5) is 3.98. The van der Waals surface area contributed by atoms with E-state index in [2.05, 4.69) is 22.3 Å². The number of rotatable bonds is 3. The van der Waals surface area contributed by atoms with Crippen LogP contribution >= 0.6 is 11.6 Å². The predicted octanol–water partition coefficient (Wildman–Crippen LogP) is 1.65. The Hall–Kier alpha value is -1.08. The third-order valence-electron chi connectivity index (χ3n) is 1.84. The molecule has 0 amide bonds. The second-order valence-electron chi connectivity index (χ2n) is 2.76. The van der Waals surface area contributed by atoms with Gasteiger partial charge in [0.2, 0.25) is 0 Å². The van der Waals surface area contributed by atoms with E-state index in [1.165, 1.54) is 0 Å². The zero-order valence-electron chi connectivity index (χ0n) is 7.92. The summed E-state index contributed by atoms with van der Waals surface area (Å²) in [5.41, 5.74) is 3.67. The normalized spacial score (nSPS) is 11.6. The van der Waals surface area contributed by atoms with Crippen LogP contribution in [-0.4, -0.2) is 4.98 Å². The first kappa shape index (κ1) is 11.0. The van der Waals surface area contributed by atoms with Crippen LogP contribution in [-0.2, 0) is 0 Å². The van der Waals surface area contributed by atoms with Gasteiger partial charge in [-0.25, -0.2) is 4.98 Å². The van der Waals surface area contributed by atoms with Crippen molar-refractivity contribution in [2.75, 3.05) is 0 Å². The quantitative estimate of drug-likeness (QED) is 0.345. The second-order valence-corrected chi connectivity index (χ2v) is 3.15. The fourth-order valence-electron chi connectivity index (χ4n) is 1.07. The molecule has 0 aliphatic heterocycles. The largest absolute Gasteiger partial charge is 0.271 e. The van der Waals surface area contributed by atoms with Gasteiger partial charge >= 0.3 is 0 Å². The molecule has 0 saturated heterocycles. The first-order valence-electron chi connectivity index (χ1n) is 4.25. The molecule has 0 aliphatic carbocycles. The molecule has 1 aromatic rings. The fraction of sp³-hybridized carbons (Fsp3) is 0.300. The second kappa shape index (κ2) is 5.61. The lowest BCUT2D eigenvalue weighted by Gasteiger charge is -2.12. The maximum Gasteiger partial charge on any atom is 0.129 e. The van der Waals surface area contributed by atoms with Crippen molar-refractivity contribution in [3.8, 4) is 11.8 Å². The van der Waals surface area contributed by atoms with Crippen molar-refractivity contribution in [3.63, 3.8) is 0 Å². The highest BCUT2D eigenvalue weighted by Crippen LogP contribution is 2.15. The summed E-state index contributed by atoms with van der Waals surface area (Å²) < 4.78 is 0. The Morgan fingerprint density at radius 3 is 2.93 bits per heavy atom. The highest BCUT2D eigenvalue weighted by Gasteiger charge is 2.07. The third kappa shape index (κ3) is 3.00. The van der Waals surface area contributed by atoms with Crippen molar-refractivity contribution in [1.29, 1.82) is 0 Å². The maximum atomic E-state index is 5.67. The molecule has 0 fully saturated rings. The molecule has 0 spiro atoms. The van der Waals surface area contributed by atoms with Crippen LogP contribution in [0.4, 0.5) is 0 Å². The van der Waals surface area contributed by atoms with Gasteiger partial charge in [-0.15, -0.1) is 11.8 Å². The lowest BCUT2D eigenvalue weighted by molar-refractivity contribution is 0.566. The zero-order valence-corrected chi connectivity index (χ0v) is 8.67. The van der Waals surface area contributed by atoms with Gasteiger partial charge in [0.25, 0.3) is 0 Å². The van der Waals surface area contributed by atoms with Gasteiger partial charge in [0.15, 0.2) is 0 Å². The molecular weight excluding hydrogens is 198 g/mol. The van der Waals surface area contributed by atoms with E-state index in [0.717, 1.165) is 5.56 Å². The molecule has 0 saturated carbocycles. The molecule has 1 heterocycles. The van der Waals surface area contributed by atoms with Gasteiger partial charge in [0.1, 0.15) is 5.15 Å². The van der Waals surface area contributed by atoms with E-state index in [1.54, 1.807) is 19.2 Å². The van der Waals surface area contributed by atoms with Gasteiger partial charge < -0.3 is 0 Å². The topological polar surface area (TPSA) is 50.9 Å². The Labute approximate surface area is 88.6 Å². The first-order valence-corrected chi connectivity index (χ1v) is 4.63. The number of pyridine rings is 1. The first-order chi connectivity index (χ1) is 6.77. The lowest BCUT2D eigenvalue weighted by Crippen LogP contribution is -2.27. The predicted molar refractivity (Wildman–Crippen MR) is 57.4 cm³/mol. The molecule has 0 aliphatic rings. The Balaban J connectivity index is 2.76. The van der Waals surface area contributed by atoms with Gasteiger partial charge in [0, 0.05) is 12.6 Å². The van der Waals surface area contributed by atoms with E-state index in [-0.39, 0.29) is 6.04 Å². The van der Waals surface area contributed by atoms with Crippen LogP contribution in [0.5, 0.6) is 0 Å². The average molecular weight is 210 g/mol. The average Bonchev–Trinajstić information content (AvgIpc) is 2.21. The Morgan fingerprint density at radius 2 is 2.43 bits per heavy atom. The molecule has 0 radical (unpaired) electrons. The summed E-state index contributed by atoms with van der Waals surface area (Å²) in [6, 6.07) is 3.63. The number of hydrogen-bond donors (Lipinski definition) is 2. The minimum atomic E-state index is 0.00668. The summed E-state index contributed by atoms with van der Waals surface area (Å²) >= 11 is 5.67. The Kier molecular flexibility index (Phi) is 4.41. The molecular formula is C10H12ClN3. The Bertz CT molecular complexity index is 337. The number of nitrogens with one attached hydrogen (secondary N) is 1. The molecule has 1 atom stereocenters. The van der Waals surface area contributed by atoms with E-state index in [4.69, 9.17) is 17.4 Å². The van der Waals surface area contributed by atoms with Crippen LogP contribution in [0.2, 0.25) is 5.15 Å². The molecule has 0 bridgehead atoms. The SMILES string of the molecule is CC#CCC(NN)c1ccc(Cl)nc1. The van der Waals surface area contributed by atoms with E-state index < -0.39 is 0 Å². The van der Waals surface area contributed by atoms with Crippen molar-refractivity contribution in [2.45, 2.75) is 19.4 Å². The van der Waals surface area contributed by atoms with Crippen molar-refractivity contribution in [3.05, 3.63) is 29.0 Å². The smallest absolute Gasteiger partial charge is 0.129 e. The molecule has 1 aromatic heterocycles. The third-order valence-corrected chi connectivity index (χ3v) is 2.06. The molecule has 4 heteroatoms. The number of hydrogen-bond acceptors (Lipinski definition) is 3. The molecule has 74 valence electrons. The summed E-state index contributed by atoms with van der Waals surface area (Å²) in [6.45, 7) is 1.80. The number of aromatic nitrogens is 1. The van der Waals surface area contributed by atoms with Gasteiger partial charge in [-0.1, -0.05) is 17.7 Å². The standard InChI is InChI=1S/C10H12ClN3/c1-2-3-4-9(14-12)8-5-6-10(11)13-7-8/h5-7,9,14H,4,12H2,1H3. The van der Waals surface area contributed by atoms with Crippen LogP contribution in [0, 0.1) is 11.8 Å². The summed E-state index contributed by atoms with van der Waals surface area (Å²) in [6.07, 6.45) is 2.36. The summed E-state index contributed by atoms with van der Waals surface area (Å²) in [5, 5.41) is 0.478. The van der Waals surface area contributed by atoms with Crippen molar-refractivity contribution in [1.82, 2.24) is 10.4 Å². The number of nitrogens with two attached hydrogens (primary N) is 1. The maximum absolute atomic E-state index is 5.67. The fourth-order valence-corrected chi connectivity index (χ4v) is 1.18. The number of hydrazine groups is 1. The summed E-state index contributed by atoms with van der Waals surface area (Å²) in [7, 11) is 0. The van der Waals surface area contributed by atoms with E-state index in [0.29, 0.717) is 11.6 Å². The lowest BCUT2D eigenvalue weighted by atomic mass is 10.1. The van der Waals surface area contributed by atoms with Crippen LogP contribution < -0.4 is 11.3 Å². The van der Waals surface area contributed by atoms with Gasteiger partial charge in [-0.05, 0) is 18.6 Å². The van der Waals surface area contributed by atoms with Gasteiger partial charge in [0.05, 0.1) is 6.04 Å². The minimum Gasteiger partial charge on any atom is -0.271 e.